The molecule has 0 nitrogen and oxygen atoms in total. The quantitative estimate of drug-likeness (QED) is 0.657. The summed E-state index contributed by atoms with van der Waals surface area (Å²) in [4.78, 5) is 0. The third-order valence-electron chi connectivity index (χ3n) is 4.13. The number of rotatable bonds is 2. The molecule has 80 valence electrons. The first-order valence-electron chi connectivity index (χ1n) is 6.38. The SMILES string of the molecule is CBC1c2cccc3cccc(c23)C1CC. The highest BCUT2D eigenvalue weighted by Gasteiger charge is 2.31. The van der Waals surface area contributed by atoms with Gasteiger partial charge < -0.3 is 0 Å². The Hall–Kier alpha value is -1.24. The lowest BCUT2D eigenvalue weighted by atomic mass is 9.59. The van der Waals surface area contributed by atoms with Gasteiger partial charge in [0.1, 0.15) is 7.28 Å². The average molecular weight is 208 g/mol. The molecule has 0 aliphatic heterocycles. The molecule has 3 rings (SSSR count). The minimum atomic E-state index is 0.742. The zero-order valence-corrected chi connectivity index (χ0v) is 10.0. The van der Waals surface area contributed by atoms with E-state index in [1.807, 2.05) is 0 Å². The molecule has 1 heteroatoms. The lowest BCUT2D eigenvalue weighted by molar-refractivity contribution is 0.662. The Bertz CT molecular complexity index is 485. The molecule has 0 saturated carbocycles. The molecule has 0 radical (unpaired) electrons. The van der Waals surface area contributed by atoms with Gasteiger partial charge in [-0.15, -0.1) is 0 Å². The van der Waals surface area contributed by atoms with Crippen LogP contribution in [0.3, 0.4) is 0 Å². The number of benzene rings is 2. The minimum Gasteiger partial charge on any atom is -0.0888 e. The summed E-state index contributed by atoms with van der Waals surface area (Å²) in [7, 11) is 1.26. The van der Waals surface area contributed by atoms with Crippen LogP contribution in [0.5, 0.6) is 0 Å². The van der Waals surface area contributed by atoms with Crippen molar-refractivity contribution in [1.82, 2.24) is 0 Å². The maximum Gasteiger partial charge on any atom is 0.127 e. The Labute approximate surface area is 97.9 Å². The highest BCUT2D eigenvalue weighted by molar-refractivity contribution is 6.37. The summed E-state index contributed by atoms with van der Waals surface area (Å²) in [6.07, 6.45) is 1.26. The van der Waals surface area contributed by atoms with Crippen LogP contribution in [-0.2, 0) is 0 Å². The van der Waals surface area contributed by atoms with Gasteiger partial charge in [-0.3, -0.25) is 0 Å². The van der Waals surface area contributed by atoms with Crippen molar-refractivity contribution in [2.24, 2.45) is 0 Å². The molecule has 2 aromatic rings. The fourth-order valence-electron chi connectivity index (χ4n) is 3.46. The summed E-state index contributed by atoms with van der Waals surface area (Å²) in [6, 6.07) is 13.6. The smallest absolute Gasteiger partial charge is 0.0888 e. The fourth-order valence-corrected chi connectivity index (χ4v) is 3.46. The van der Waals surface area contributed by atoms with Crippen molar-refractivity contribution in [3.63, 3.8) is 0 Å². The standard InChI is InChI=1S/C15H17B/c1-3-11-12-8-4-6-10-7-5-9-13(14(10)12)15(11)16-2/h4-9,11,15-16H,3H2,1-2H3. The molecule has 2 atom stereocenters. The second kappa shape index (κ2) is 3.66. The lowest BCUT2D eigenvalue weighted by Crippen LogP contribution is -2.09. The summed E-state index contributed by atoms with van der Waals surface area (Å²) in [5.74, 6) is 1.48. The molecule has 1 aliphatic carbocycles. The molecule has 1 aliphatic rings. The van der Waals surface area contributed by atoms with E-state index in [2.05, 4.69) is 50.1 Å². The zero-order chi connectivity index (χ0) is 11.1. The molecule has 0 spiro atoms. The minimum absolute atomic E-state index is 0.742. The van der Waals surface area contributed by atoms with Gasteiger partial charge >= 0.3 is 0 Å². The van der Waals surface area contributed by atoms with Crippen LogP contribution < -0.4 is 0 Å². The van der Waals surface area contributed by atoms with Crippen LogP contribution >= 0.6 is 0 Å². The van der Waals surface area contributed by atoms with Gasteiger partial charge in [-0.05, 0) is 40.1 Å². The van der Waals surface area contributed by atoms with E-state index in [0.29, 0.717) is 0 Å². The van der Waals surface area contributed by atoms with Crippen LogP contribution in [0, 0.1) is 0 Å². The third-order valence-corrected chi connectivity index (χ3v) is 4.13. The van der Waals surface area contributed by atoms with Gasteiger partial charge in [0.2, 0.25) is 0 Å². The topological polar surface area (TPSA) is 0 Å². The van der Waals surface area contributed by atoms with E-state index in [0.717, 1.165) is 11.7 Å². The molecule has 2 unspecified atom stereocenters. The van der Waals surface area contributed by atoms with Gasteiger partial charge in [-0.25, -0.2) is 0 Å². The van der Waals surface area contributed by atoms with Crippen molar-refractivity contribution in [2.45, 2.75) is 31.9 Å². The molecule has 2 aromatic carbocycles. The Balaban J connectivity index is 2.34. The third kappa shape index (κ3) is 1.18. The van der Waals surface area contributed by atoms with Gasteiger partial charge in [-0.2, -0.15) is 0 Å². The second-order valence-corrected chi connectivity index (χ2v) is 4.82. The fraction of sp³-hybridized carbons (Fsp3) is 0.333. The number of hydrogen-bond donors (Lipinski definition) is 0. The Morgan fingerprint density at radius 2 is 1.75 bits per heavy atom. The maximum atomic E-state index is 2.33. The Kier molecular flexibility index (Phi) is 2.28. The summed E-state index contributed by atoms with van der Waals surface area (Å²) in [5, 5.41) is 2.97. The van der Waals surface area contributed by atoms with Crippen molar-refractivity contribution < 1.29 is 0 Å². The summed E-state index contributed by atoms with van der Waals surface area (Å²) >= 11 is 0. The highest BCUT2D eigenvalue weighted by atomic mass is 14.3. The van der Waals surface area contributed by atoms with Crippen LogP contribution in [0.2, 0.25) is 6.82 Å². The first-order valence-corrected chi connectivity index (χ1v) is 6.38. The van der Waals surface area contributed by atoms with Crippen LogP contribution in [0.15, 0.2) is 36.4 Å². The first kappa shape index (κ1) is 9.95. The van der Waals surface area contributed by atoms with Crippen LogP contribution in [-0.4, -0.2) is 7.28 Å². The molecule has 0 bridgehead atoms. The zero-order valence-electron chi connectivity index (χ0n) is 10.0. The molecule has 0 amide bonds. The number of hydrogen-bond acceptors (Lipinski definition) is 0. The molecule has 0 aromatic heterocycles. The monoisotopic (exact) mass is 208 g/mol. The predicted octanol–water partition coefficient (Wildman–Crippen LogP) is 3.87. The van der Waals surface area contributed by atoms with Crippen molar-refractivity contribution in [3.8, 4) is 0 Å². The van der Waals surface area contributed by atoms with Crippen molar-refractivity contribution in [3.05, 3.63) is 47.5 Å². The van der Waals surface area contributed by atoms with Gasteiger partial charge in [0.05, 0.1) is 0 Å². The molecule has 0 saturated heterocycles. The van der Waals surface area contributed by atoms with E-state index >= 15 is 0 Å². The van der Waals surface area contributed by atoms with Crippen molar-refractivity contribution >= 4 is 18.1 Å². The Morgan fingerprint density at radius 1 is 1.06 bits per heavy atom. The van der Waals surface area contributed by atoms with E-state index in [-0.39, 0.29) is 0 Å². The van der Waals surface area contributed by atoms with Gasteiger partial charge in [-0.1, -0.05) is 50.1 Å². The largest absolute Gasteiger partial charge is 0.127 e. The van der Waals surface area contributed by atoms with Crippen LogP contribution in [0.1, 0.15) is 36.2 Å². The van der Waals surface area contributed by atoms with Crippen LogP contribution in [0.4, 0.5) is 0 Å². The molecular formula is C15H17B. The molecule has 16 heavy (non-hydrogen) atoms. The molecule has 0 heterocycles. The predicted molar refractivity (Wildman–Crippen MR) is 72.7 cm³/mol. The average Bonchev–Trinajstić information content (AvgIpc) is 2.65. The second-order valence-electron chi connectivity index (χ2n) is 4.82. The van der Waals surface area contributed by atoms with Crippen molar-refractivity contribution in [2.75, 3.05) is 0 Å². The Morgan fingerprint density at radius 3 is 2.38 bits per heavy atom. The lowest BCUT2D eigenvalue weighted by Gasteiger charge is -2.17. The van der Waals surface area contributed by atoms with E-state index in [1.165, 1.54) is 19.1 Å². The maximum absolute atomic E-state index is 2.33. The van der Waals surface area contributed by atoms with Crippen LogP contribution in [0.25, 0.3) is 10.8 Å². The first-order chi connectivity index (χ1) is 7.86. The summed E-state index contributed by atoms with van der Waals surface area (Å²) < 4.78 is 0. The molecular weight excluding hydrogens is 191 g/mol. The molecule has 0 N–H and O–H groups in total. The highest BCUT2D eigenvalue weighted by Crippen LogP contribution is 2.47. The van der Waals surface area contributed by atoms with Crippen molar-refractivity contribution in [1.29, 1.82) is 0 Å². The van der Waals surface area contributed by atoms with E-state index < -0.39 is 0 Å². The van der Waals surface area contributed by atoms with E-state index in [9.17, 15) is 0 Å². The summed E-state index contributed by atoms with van der Waals surface area (Å²) in [6.45, 7) is 4.64. The summed E-state index contributed by atoms with van der Waals surface area (Å²) in [5.41, 5.74) is 3.17. The van der Waals surface area contributed by atoms with Gasteiger partial charge in [0.25, 0.3) is 0 Å². The molecule has 0 fully saturated rings. The normalized spacial score (nSPS) is 22.6. The van der Waals surface area contributed by atoms with E-state index in [1.54, 1.807) is 16.5 Å². The van der Waals surface area contributed by atoms with E-state index in [4.69, 9.17) is 0 Å². The van der Waals surface area contributed by atoms with Gasteiger partial charge in [0.15, 0.2) is 0 Å². The van der Waals surface area contributed by atoms with Gasteiger partial charge in [0, 0.05) is 0 Å².